The van der Waals surface area contributed by atoms with Gasteiger partial charge in [0.25, 0.3) is 0 Å². The number of hydrogen-bond acceptors (Lipinski definition) is 4. The molecule has 4 aromatic rings. The molecule has 1 atom stereocenters. The van der Waals surface area contributed by atoms with Crippen LogP contribution in [0.3, 0.4) is 0 Å². The number of benzene rings is 3. The molecule has 8 heteroatoms. The molecule has 1 amide bonds. The van der Waals surface area contributed by atoms with Gasteiger partial charge in [-0.25, -0.2) is 14.8 Å². The lowest BCUT2D eigenvalue weighted by molar-refractivity contribution is 0.163. The highest BCUT2D eigenvalue weighted by atomic mass is 35.5. The molecule has 0 radical (unpaired) electrons. The Kier molecular flexibility index (Phi) is 6.91. The van der Waals surface area contributed by atoms with Crippen molar-refractivity contribution in [1.29, 1.82) is 0 Å². The first-order chi connectivity index (χ1) is 17.0. The molecule has 0 spiro atoms. The normalized spacial score (nSPS) is 14.1. The standard InChI is InChI=1S/C27H20Cl3N3O2/c28-22-8-4-1-5-16(22)11-12-35-27(34)33-26-31-15-18-13-21(17-9-10-23(29)24(30)14-17)19-6-2-3-7-20(19)25(18)32-26/h1-10,14-15,21H,11-13H2,(H,31,32,33,34). The van der Waals surface area contributed by atoms with E-state index in [-0.39, 0.29) is 18.5 Å². The maximum atomic E-state index is 12.3. The van der Waals surface area contributed by atoms with E-state index in [1.165, 1.54) is 0 Å². The van der Waals surface area contributed by atoms with Gasteiger partial charge < -0.3 is 4.74 Å². The lowest BCUT2D eigenvalue weighted by Crippen LogP contribution is -2.19. The molecular weight excluding hydrogens is 505 g/mol. The molecule has 1 aliphatic rings. The zero-order chi connectivity index (χ0) is 24.4. The van der Waals surface area contributed by atoms with Gasteiger partial charge in [-0.05, 0) is 46.9 Å². The van der Waals surface area contributed by atoms with Crippen molar-refractivity contribution in [2.75, 3.05) is 11.9 Å². The van der Waals surface area contributed by atoms with Crippen molar-refractivity contribution < 1.29 is 9.53 Å². The van der Waals surface area contributed by atoms with Crippen molar-refractivity contribution >= 4 is 46.8 Å². The van der Waals surface area contributed by atoms with Gasteiger partial charge in [-0.15, -0.1) is 0 Å². The summed E-state index contributed by atoms with van der Waals surface area (Å²) in [5.74, 6) is 0.278. The molecule has 0 fully saturated rings. The molecule has 0 bridgehead atoms. The zero-order valence-electron chi connectivity index (χ0n) is 18.5. The van der Waals surface area contributed by atoms with Crippen LogP contribution < -0.4 is 5.32 Å². The number of rotatable bonds is 5. The van der Waals surface area contributed by atoms with E-state index in [0.29, 0.717) is 27.9 Å². The minimum absolute atomic E-state index is 0.0886. The van der Waals surface area contributed by atoms with Crippen LogP contribution in [0.2, 0.25) is 15.1 Å². The first-order valence-electron chi connectivity index (χ1n) is 11.1. The van der Waals surface area contributed by atoms with E-state index in [0.717, 1.165) is 33.5 Å². The molecule has 35 heavy (non-hydrogen) atoms. The quantitative estimate of drug-likeness (QED) is 0.292. The fourth-order valence-electron chi connectivity index (χ4n) is 4.30. The number of halogens is 3. The van der Waals surface area contributed by atoms with E-state index in [9.17, 15) is 4.79 Å². The molecule has 1 unspecified atom stereocenters. The summed E-state index contributed by atoms with van der Waals surface area (Å²) in [6.45, 7) is 0.189. The molecule has 0 aliphatic heterocycles. The van der Waals surface area contributed by atoms with Crippen LogP contribution in [0.25, 0.3) is 11.3 Å². The number of carbonyl (C=O) groups is 1. The summed E-state index contributed by atoms with van der Waals surface area (Å²) in [6.07, 6.45) is 2.35. The van der Waals surface area contributed by atoms with Crippen molar-refractivity contribution in [2.45, 2.75) is 18.8 Å². The van der Waals surface area contributed by atoms with E-state index in [1.54, 1.807) is 6.20 Å². The van der Waals surface area contributed by atoms with Crippen LogP contribution in [-0.4, -0.2) is 22.7 Å². The van der Waals surface area contributed by atoms with Crippen molar-refractivity contribution in [3.05, 3.63) is 110 Å². The molecule has 176 valence electrons. The van der Waals surface area contributed by atoms with Gasteiger partial charge in [0, 0.05) is 29.1 Å². The van der Waals surface area contributed by atoms with E-state index in [1.807, 2.05) is 60.7 Å². The molecule has 0 saturated heterocycles. The van der Waals surface area contributed by atoms with Gasteiger partial charge in [-0.1, -0.05) is 83.3 Å². The Morgan fingerprint density at radius 3 is 2.60 bits per heavy atom. The third-order valence-electron chi connectivity index (χ3n) is 6.00. The summed E-state index contributed by atoms with van der Waals surface area (Å²) in [4.78, 5) is 21.3. The highest BCUT2D eigenvalue weighted by Crippen LogP contribution is 2.42. The Balaban J connectivity index is 1.33. The summed E-state index contributed by atoms with van der Waals surface area (Å²) in [5.41, 5.74) is 5.88. The molecule has 1 aliphatic carbocycles. The van der Waals surface area contributed by atoms with Gasteiger partial charge in [0.15, 0.2) is 0 Å². The SMILES string of the molecule is O=C(Nc1ncc2c(n1)-c1ccccc1C(c1ccc(Cl)c(Cl)c1)C2)OCCc1ccccc1Cl. The third-order valence-corrected chi connectivity index (χ3v) is 7.11. The molecule has 0 saturated carbocycles. The number of anilines is 1. The third kappa shape index (κ3) is 5.13. The Morgan fingerprint density at radius 1 is 0.971 bits per heavy atom. The predicted molar refractivity (Wildman–Crippen MR) is 140 cm³/mol. The van der Waals surface area contributed by atoms with Gasteiger partial charge in [0.05, 0.1) is 22.3 Å². The van der Waals surface area contributed by atoms with Crippen LogP contribution >= 0.6 is 34.8 Å². The van der Waals surface area contributed by atoms with Gasteiger partial charge in [0.1, 0.15) is 0 Å². The Bertz CT molecular complexity index is 1410. The van der Waals surface area contributed by atoms with Crippen LogP contribution in [0.15, 0.2) is 72.9 Å². The Morgan fingerprint density at radius 2 is 1.77 bits per heavy atom. The number of carbonyl (C=O) groups excluding carboxylic acids is 1. The second-order valence-electron chi connectivity index (χ2n) is 8.19. The van der Waals surface area contributed by atoms with Crippen molar-refractivity contribution in [1.82, 2.24) is 9.97 Å². The van der Waals surface area contributed by atoms with E-state index >= 15 is 0 Å². The summed E-state index contributed by atoms with van der Waals surface area (Å²) < 4.78 is 5.30. The fraction of sp³-hybridized carbons (Fsp3) is 0.148. The highest BCUT2D eigenvalue weighted by Gasteiger charge is 2.28. The van der Waals surface area contributed by atoms with Gasteiger partial charge in [-0.2, -0.15) is 0 Å². The number of fused-ring (bicyclic) bond motifs is 3. The Labute approximate surface area is 218 Å². The maximum absolute atomic E-state index is 12.3. The van der Waals surface area contributed by atoms with Crippen LogP contribution in [-0.2, 0) is 17.6 Å². The van der Waals surface area contributed by atoms with Crippen molar-refractivity contribution in [2.24, 2.45) is 0 Å². The molecule has 1 N–H and O–H groups in total. The predicted octanol–water partition coefficient (Wildman–Crippen LogP) is 7.58. The number of nitrogens with zero attached hydrogens (tertiary/aromatic N) is 2. The number of aromatic nitrogens is 2. The van der Waals surface area contributed by atoms with Gasteiger partial charge >= 0.3 is 6.09 Å². The molecule has 1 heterocycles. The van der Waals surface area contributed by atoms with Crippen LogP contribution in [0.4, 0.5) is 10.7 Å². The minimum Gasteiger partial charge on any atom is -0.449 e. The second kappa shape index (κ2) is 10.2. The number of amides is 1. The lowest BCUT2D eigenvalue weighted by atomic mass is 9.78. The van der Waals surface area contributed by atoms with E-state index < -0.39 is 6.09 Å². The summed E-state index contributed by atoms with van der Waals surface area (Å²) in [6, 6.07) is 21.3. The topological polar surface area (TPSA) is 64.1 Å². The molecule has 5 nitrogen and oxygen atoms in total. The van der Waals surface area contributed by atoms with E-state index in [4.69, 9.17) is 39.5 Å². The summed E-state index contributed by atoms with van der Waals surface area (Å²) in [5, 5.41) is 4.33. The molecule has 1 aromatic heterocycles. The number of hydrogen-bond donors (Lipinski definition) is 1. The monoisotopic (exact) mass is 523 g/mol. The van der Waals surface area contributed by atoms with Crippen LogP contribution in [0.1, 0.15) is 28.2 Å². The highest BCUT2D eigenvalue weighted by molar-refractivity contribution is 6.42. The van der Waals surface area contributed by atoms with Gasteiger partial charge in [0.2, 0.25) is 5.95 Å². The number of ether oxygens (including phenoxy) is 1. The second-order valence-corrected chi connectivity index (χ2v) is 9.41. The summed E-state index contributed by atoms with van der Waals surface area (Å²) >= 11 is 18.6. The van der Waals surface area contributed by atoms with Crippen LogP contribution in [0.5, 0.6) is 0 Å². The van der Waals surface area contributed by atoms with Gasteiger partial charge in [-0.3, -0.25) is 5.32 Å². The van der Waals surface area contributed by atoms with E-state index in [2.05, 4.69) is 21.4 Å². The van der Waals surface area contributed by atoms with Crippen molar-refractivity contribution in [3.63, 3.8) is 0 Å². The largest absolute Gasteiger partial charge is 0.449 e. The first kappa shape index (κ1) is 23.6. The molecule has 5 rings (SSSR count). The fourth-order valence-corrected chi connectivity index (χ4v) is 4.84. The lowest BCUT2D eigenvalue weighted by Gasteiger charge is -2.27. The van der Waals surface area contributed by atoms with Crippen molar-refractivity contribution in [3.8, 4) is 11.3 Å². The average Bonchev–Trinajstić information content (AvgIpc) is 2.86. The zero-order valence-corrected chi connectivity index (χ0v) is 20.7. The summed E-state index contributed by atoms with van der Waals surface area (Å²) in [7, 11) is 0. The molecular formula is C27H20Cl3N3O2. The maximum Gasteiger partial charge on any atom is 0.414 e. The minimum atomic E-state index is -0.616. The Hall–Kier alpha value is -3.12. The van der Waals surface area contributed by atoms with Crippen LogP contribution in [0, 0.1) is 0 Å². The smallest absolute Gasteiger partial charge is 0.414 e. The average molecular weight is 525 g/mol. The number of nitrogens with one attached hydrogen (secondary N) is 1. The molecule has 3 aromatic carbocycles. The first-order valence-corrected chi connectivity index (χ1v) is 12.2.